The molecule has 5 heteroatoms. The van der Waals surface area contributed by atoms with Gasteiger partial charge in [-0.05, 0) is 30.0 Å². The molecule has 1 aromatic carbocycles. The van der Waals surface area contributed by atoms with Crippen LogP contribution in [0.15, 0.2) is 23.1 Å². The summed E-state index contributed by atoms with van der Waals surface area (Å²) in [7, 11) is -1.80. The molecule has 18 heavy (non-hydrogen) atoms. The van der Waals surface area contributed by atoms with Crippen LogP contribution in [0.3, 0.4) is 0 Å². The number of hydrogen-bond donors (Lipinski definition) is 1. The van der Waals surface area contributed by atoms with E-state index in [1.807, 2.05) is 19.9 Å². The van der Waals surface area contributed by atoms with Gasteiger partial charge in [0.1, 0.15) is 0 Å². The maximum absolute atomic E-state index is 12.4. The van der Waals surface area contributed by atoms with Crippen LogP contribution in [0.4, 0.5) is 0 Å². The van der Waals surface area contributed by atoms with Crippen molar-refractivity contribution in [3.63, 3.8) is 0 Å². The van der Waals surface area contributed by atoms with Crippen LogP contribution in [0, 0.1) is 12.8 Å². The van der Waals surface area contributed by atoms with Crippen molar-refractivity contribution >= 4 is 10.0 Å². The third-order valence-electron chi connectivity index (χ3n) is 2.93. The lowest BCUT2D eigenvalue weighted by atomic mass is 10.1. The van der Waals surface area contributed by atoms with Crippen molar-refractivity contribution in [2.24, 2.45) is 11.7 Å². The first-order valence-corrected chi connectivity index (χ1v) is 7.49. The molecule has 0 heterocycles. The van der Waals surface area contributed by atoms with Gasteiger partial charge in [0.2, 0.25) is 10.0 Å². The van der Waals surface area contributed by atoms with Gasteiger partial charge in [0.15, 0.2) is 0 Å². The third-order valence-corrected chi connectivity index (χ3v) is 4.89. The molecule has 0 fully saturated rings. The first kappa shape index (κ1) is 15.1. The fourth-order valence-electron chi connectivity index (χ4n) is 1.94. The summed E-state index contributed by atoms with van der Waals surface area (Å²) in [6, 6.07) is 5.24. The fraction of sp³-hybridized carbons (Fsp3) is 0.538. The van der Waals surface area contributed by atoms with Crippen LogP contribution in [0.2, 0.25) is 0 Å². The molecular weight excluding hydrogens is 248 g/mol. The molecule has 0 radical (unpaired) electrons. The van der Waals surface area contributed by atoms with Gasteiger partial charge >= 0.3 is 0 Å². The summed E-state index contributed by atoms with van der Waals surface area (Å²) in [6.07, 6.45) is 0. The summed E-state index contributed by atoms with van der Waals surface area (Å²) in [5, 5.41) is 0. The highest BCUT2D eigenvalue weighted by atomic mass is 32.2. The summed E-state index contributed by atoms with van der Waals surface area (Å²) < 4.78 is 26.3. The van der Waals surface area contributed by atoms with Gasteiger partial charge < -0.3 is 5.73 Å². The summed E-state index contributed by atoms with van der Waals surface area (Å²) in [4.78, 5) is 0.355. The SMILES string of the molecule is Cc1c(CN)cccc1S(=O)(=O)N(C)CC(C)C. The topological polar surface area (TPSA) is 63.4 Å². The second-order valence-corrected chi connectivity index (χ2v) is 6.94. The van der Waals surface area contributed by atoms with E-state index >= 15 is 0 Å². The van der Waals surface area contributed by atoms with Crippen LogP contribution in [-0.2, 0) is 16.6 Å². The minimum absolute atomic E-state index is 0.294. The van der Waals surface area contributed by atoms with Crippen molar-refractivity contribution < 1.29 is 8.42 Å². The van der Waals surface area contributed by atoms with Crippen molar-refractivity contribution in [3.05, 3.63) is 29.3 Å². The van der Waals surface area contributed by atoms with E-state index in [2.05, 4.69) is 0 Å². The lowest BCUT2D eigenvalue weighted by Crippen LogP contribution is -2.31. The zero-order chi connectivity index (χ0) is 13.9. The van der Waals surface area contributed by atoms with E-state index in [-0.39, 0.29) is 0 Å². The third kappa shape index (κ3) is 3.10. The number of nitrogens with two attached hydrogens (primary N) is 1. The summed E-state index contributed by atoms with van der Waals surface area (Å²) >= 11 is 0. The molecule has 1 rings (SSSR count). The summed E-state index contributed by atoms with van der Waals surface area (Å²) in [5.41, 5.74) is 7.23. The number of benzene rings is 1. The lowest BCUT2D eigenvalue weighted by molar-refractivity contribution is 0.417. The van der Waals surface area contributed by atoms with Gasteiger partial charge in [-0.1, -0.05) is 26.0 Å². The second kappa shape index (κ2) is 5.82. The van der Waals surface area contributed by atoms with E-state index in [9.17, 15) is 8.42 Å². The van der Waals surface area contributed by atoms with Crippen molar-refractivity contribution in [2.75, 3.05) is 13.6 Å². The quantitative estimate of drug-likeness (QED) is 0.886. The van der Waals surface area contributed by atoms with Gasteiger partial charge in [0.05, 0.1) is 4.90 Å². The summed E-state index contributed by atoms with van der Waals surface area (Å²) in [5.74, 6) is 0.294. The smallest absolute Gasteiger partial charge is 0.243 e. The maximum atomic E-state index is 12.4. The highest BCUT2D eigenvalue weighted by Crippen LogP contribution is 2.22. The van der Waals surface area contributed by atoms with Crippen LogP contribution in [0.5, 0.6) is 0 Å². The van der Waals surface area contributed by atoms with Gasteiger partial charge in [-0.15, -0.1) is 0 Å². The Kier molecular flexibility index (Phi) is 4.90. The van der Waals surface area contributed by atoms with Crippen LogP contribution in [0.25, 0.3) is 0 Å². The lowest BCUT2D eigenvalue weighted by Gasteiger charge is -2.21. The highest BCUT2D eigenvalue weighted by Gasteiger charge is 2.23. The van der Waals surface area contributed by atoms with Gasteiger partial charge in [0.25, 0.3) is 0 Å². The molecule has 0 aromatic heterocycles. The Balaban J connectivity index is 3.20. The maximum Gasteiger partial charge on any atom is 0.243 e. The van der Waals surface area contributed by atoms with E-state index in [0.717, 1.165) is 11.1 Å². The van der Waals surface area contributed by atoms with Crippen LogP contribution >= 0.6 is 0 Å². The van der Waals surface area contributed by atoms with E-state index in [1.165, 1.54) is 4.31 Å². The van der Waals surface area contributed by atoms with E-state index in [1.54, 1.807) is 26.1 Å². The molecule has 0 saturated heterocycles. The van der Waals surface area contributed by atoms with Crippen molar-refractivity contribution in [2.45, 2.75) is 32.2 Å². The molecular formula is C13H22N2O2S. The fourth-order valence-corrected chi connectivity index (χ4v) is 3.54. The highest BCUT2D eigenvalue weighted by molar-refractivity contribution is 7.89. The Labute approximate surface area is 110 Å². The molecule has 102 valence electrons. The molecule has 0 aliphatic carbocycles. The molecule has 4 nitrogen and oxygen atoms in total. The van der Waals surface area contributed by atoms with Crippen molar-refractivity contribution in [3.8, 4) is 0 Å². The molecule has 0 aliphatic heterocycles. The minimum Gasteiger partial charge on any atom is -0.326 e. The van der Waals surface area contributed by atoms with E-state index in [0.29, 0.717) is 23.9 Å². The molecule has 0 spiro atoms. The Hall–Kier alpha value is -0.910. The summed E-state index contributed by atoms with van der Waals surface area (Å²) in [6.45, 7) is 6.65. The molecule has 0 amide bonds. The normalized spacial score (nSPS) is 12.4. The standard InChI is InChI=1S/C13H22N2O2S/c1-10(2)9-15(4)18(16,17)13-7-5-6-12(8-14)11(13)3/h5-7,10H,8-9,14H2,1-4H3. The van der Waals surface area contributed by atoms with Gasteiger partial charge in [-0.3, -0.25) is 0 Å². The monoisotopic (exact) mass is 270 g/mol. The second-order valence-electron chi connectivity index (χ2n) is 4.92. The number of nitrogens with zero attached hydrogens (tertiary/aromatic N) is 1. The average Bonchev–Trinajstić information content (AvgIpc) is 2.28. The molecule has 2 N–H and O–H groups in total. The van der Waals surface area contributed by atoms with Crippen LogP contribution in [-0.4, -0.2) is 26.3 Å². The number of hydrogen-bond acceptors (Lipinski definition) is 3. The zero-order valence-electron chi connectivity index (χ0n) is 11.5. The van der Waals surface area contributed by atoms with E-state index < -0.39 is 10.0 Å². The Bertz CT molecular complexity index is 510. The first-order valence-electron chi connectivity index (χ1n) is 6.05. The van der Waals surface area contributed by atoms with Crippen molar-refractivity contribution in [1.29, 1.82) is 0 Å². The largest absolute Gasteiger partial charge is 0.326 e. The van der Waals surface area contributed by atoms with Crippen molar-refractivity contribution in [1.82, 2.24) is 4.31 Å². The Morgan fingerprint density at radius 2 is 1.94 bits per heavy atom. The molecule has 0 atom stereocenters. The molecule has 1 aromatic rings. The van der Waals surface area contributed by atoms with Crippen LogP contribution < -0.4 is 5.73 Å². The molecule has 0 bridgehead atoms. The van der Waals surface area contributed by atoms with E-state index in [4.69, 9.17) is 5.73 Å². The Morgan fingerprint density at radius 1 is 1.33 bits per heavy atom. The number of rotatable bonds is 5. The zero-order valence-corrected chi connectivity index (χ0v) is 12.3. The first-order chi connectivity index (χ1) is 8.30. The van der Waals surface area contributed by atoms with Gasteiger partial charge in [-0.25, -0.2) is 12.7 Å². The predicted molar refractivity (Wildman–Crippen MR) is 73.7 cm³/mol. The molecule has 0 unspecified atom stereocenters. The predicted octanol–water partition coefficient (Wildman–Crippen LogP) is 1.73. The average molecular weight is 270 g/mol. The minimum atomic E-state index is -3.42. The van der Waals surface area contributed by atoms with Gasteiger partial charge in [-0.2, -0.15) is 0 Å². The molecule has 0 saturated carbocycles. The Morgan fingerprint density at radius 3 is 2.44 bits per heavy atom. The van der Waals surface area contributed by atoms with Gasteiger partial charge in [0, 0.05) is 20.1 Å². The molecule has 0 aliphatic rings. The van der Waals surface area contributed by atoms with Crippen LogP contribution in [0.1, 0.15) is 25.0 Å². The number of sulfonamides is 1.